The number of rotatable bonds is 0. The summed E-state index contributed by atoms with van der Waals surface area (Å²) in [6.45, 7) is 0. The molecular weight excluding hydrogens is 272 g/mol. The molecule has 3 heteroatoms. The maximum atomic E-state index is 2.15. The molecule has 0 spiro atoms. The van der Waals surface area contributed by atoms with E-state index in [2.05, 4.69) is 22.6 Å². The zero-order valence-electron chi connectivity index (χ0n) is 2.79. The molecule has 0 aromatic rings. The van der Waals surface area contributed by atoms with Crippen LogP contribution in [0, 0.1) is 0 Å². The van der Waals surface area contributed by atoms with Crippen LogP contribution < -0.4 is 6.15 Å². The van der Waals surface area contributed by atoms with Crippen LogP contribution in [0.3, 0.4) is 0 Å². The van der Waals surface area contributed by atoms with Gasteiger partial charge in [-0.3, -0.25) is 0 Å². The Morgan fingerprint density at radius 3 is 1.25 bits per heavy atom. The maximum absolute atomic E-state index is 2.15. The van der Waals surface area contributed by atoms with Gasteiger partial charge in [0, 0.05) is 0 Å². The number of alkyl halides is 1. The summed E-state index contributed by atoms with van der Waals surface area (Å²) in [5.41, 5.74) is 0. The van der Waals surface area contributed by atoms with Gasteiger partial charge in [0.15, 0.2) is 0 Å². The molecule has 0 unspecified atom stereocenters. The third-order valence-electron chi connectivity index (χ3n) is 0. The van der Waals surface area contributed by atoms with Crippen molar-refractivity contribution in [2.24, 2.45) is 0 Å². The van der Waals surface area contributed by atoms with Crippen LogP contribution in [0.15, 0.2) is 0 Å². The fourth-order valence-corrected chi connectivity index (χ4v) is 0. The topological polar surface area (TPSA) is 35.0 Å². The van der Waals surface area contributed by atoms with E-state index in [0.717, 1.165) is 0 Å². The molecule has 0 bridgehead atoms. The molecule has 0 heterocycles. The van der Waals surface area contributed by atoms with E-state index in [1.54, 1.807) is 0 Å². The average Bonchev–Trinajstić information content (AvgIpc) is 1.00. The van der Waals surface area contributed by atoms with Crippen molar-refractivity contribution in [1.82, 2.24) is 6.15 Å². The molecule has 0 saturated heterocycles. The van der Waals surface area contributed by atoms with Gasteiger partial charge in [0.2, 0.25) is 0 Å². The molecule has 4 heavy (non-hydrogen) atoms. The van der Waals surface area contributed by atoms with E-state index < -0.39 is 0 Å². The molecule has 0 amide bonds. The Kier molecular flexibility index (Phi) is 110. The monoisotopic (exact) mass is 281 g/mol. The van der Waals surface area contributed by atoms with E-state index in [-0.39, 0.29) is 30.1 Å². The summed E-state index contributed by atoms with van der Waals surface area (Å²) in [6, 6.07) is 0. The molecule has 0 aliphatic carbocycles. The summed E-state index contributed by atoms with van der Waals surface area (Å²) in [5, 5.41) is 0. The molecule has 0 aromatic carbocycles. The molecule has 3 N–H and O–H groups in total. The van der Waals surface area contributed by atoms with E-state index in [1.807, 2.05) is 4.93 Å². The Bertz CT molecular complexity index is 8.00. The van der Waals surface area contributed by atoms with Crippen LogP contribution in [-0.4, -0.2) is 28.8 Å². The molecule has 0 aromatic heterocycles. The minimum atomic E-state index is 0. The first-order valence-electron chi connectivity index (χ1n) is 0.378. The second-order valence-electron chi connectivity index (χ2n) is 0. The minimum absolute atomic E-state index is 0. The van der Waals surface area contributed by atoms with Gasteiger partial charge in [-0.25, -0.2) is 0 Å². The summed E-state index contributed by atoms with van der Waals surface area (Å²) >= 11 is 2.15. The first-order valence-corrected chi connectivity index (χ1v) is 2.54. The van der Waals surface area contributed by atoms with Crippen molar-refractivity contribution in [3.63, 3.8) is 0 Å². The Hall–Kier alpha value is 1.49. The van der Waals surface area contributed by atoms with Crippen molar-refractivity contribution in [3.05, 3.63) is 0 Å². The van der Waals surface area contributed by atoms with Crippen LogP contribution in [0.2, 0.25) is 0 Å². The third-order valence-corrected chi connectivity index (χ3v) is 0. The third kappa shape index (κ3) is 9.75. The fourth-order valence-electron chi connectivity index (χ4n) is 0. The van der Waals surface area contributed by atoms with Gasteiger partial charge in [-0.1, -0.05) is 22.6 Å². The van der Waals surface area contributed by atoms with Crippen molar-refractivity contribution in [2.75, 3.05) is 4.93 Å². The molecule has 0 atom stereocenters. The van der Waals surface area contributed by atoms with Crippen molar-refractivity contribution < 1.29 is 0 Å². The van der Waals surface area contributed by atoms with E-state index in [1.165, 1.54) is 0 Å². The van der Waals surface area contributed by atoms with Gasteiger partial charge in [0.1, 0.15) is 0 Å². The van der Waals surface area contributed by atoms with Crippen LogP contribution in [-0.2, 0) is 0 Å². The van der Waals surface area contributed by atoms with Gasteiger partial charge in [-0.15, -0.1) is 0 Å². The van der Waals surface area contributed by atoms with Crippen LogP contribution in [0.5, 0.6) is 0 Å². The van der Waals surface area contributed by atoms with Gasteiger partial charge >= 0.3 is 23.9 Å². The van der Waals surface area contributed by atoms with Crippen LogP contribution >= 0.6 is 22.6 Å². The predicted molar refractivity (Wildman–Crippen MR) is 33.5 cm³/mol. The number of hydrogen-bond donors (Lipinski definition) is 1. The Morgan fingerprint density at radius 1 is 1.25 bits per heavy atom. The van der Waals surface area contributed by atoms with Crippen molar-refractivity contribution in [1.29, 1.82) is 0 Å². The van der Waals surface area contributed by atoms with Crippen molar-refractivity contribution >= 4 is 46.5 Å². The number of hydrogen-bond acceptors (Lipinski definition) is 1. The summed E-state index contributed by atoms with van der Waals surface area (Å²) < 4.78 is 0. The van der Waals surface area contributed by atoms with Gasteiger partial charge < -0.3 is 6.15 Å². The molecule has 2 radical (unpaired) electrons. The molecule has 0 saturated carbocycles. The van der Waals surface area contributed by atoms with E-state index in [0.29, 0.717) is 0 Å². The van der Waals surface area contributed by atoms with Gasteiger partial charge in [-0.2, -0.15) is 0 Å². The van der Waals surface area contributed by atoms with Crippen molar-refractivity contribution in [2.45, 2.75) is 0 Å². The summed E-state index contributed by atoms with van der Waals surface area (Å²) in [7, 11) is 0. The van der Waals surface area contributed by atoms with Gasteiger partial charge in [-0.05, 0) is 4.93 Å². The quantitative estimate of drug-likeness (QED) is 0.386. The molecule has 0 aliphatic heterocycles. The first-order chi connectivity index (χ1) is 1.00. The van der Waals surface area contributed by atoms with Gasteiger partial charge in [0.25, 0.3) is 0 Å². The molecule has 1 nitrogen and oxygen atoms in total. The summed E-state index contributed by atoms with van der Waals surface area (Å²) in [6.07, 6.45) is 0. The van der Waals surface area contributed by atoms with E-state index in [9.17, 15) is 0 Å². The Labute approximate surface area is 57.2 Å². The average molecular weight is 280 g/mol. The van der Waals surface area contributed by atoms with Crippen LogP contribution in [0.1, 0.15) is 0 Å². The second-order valence-corrected chi connectivity index (χ2v) is 0. The van der Waals surface area contributed by atoms with Crippen LogP contribution in [0.25, 0.3) is 0 Å². The van der Waals surface area contributed by atoms with Crippen LogP contribution in [0.4, 0.5) is 0 Å². The standard InChI is InChI=1S/CH3I.H3N.Sn.2H/c1-2;;;;/h1H3;1H3;;;. The zero-order chi connectivity index (χ0) is 2.00. The Morgan fingerprint density at radius 2 is 1.25 bits per heavy atom. The summed E-state index contributed by atoms with van der Waals surface area (Å²) in [5.74, 6) is 0. The SMILES string of the molecule is CI.N.[SnH2]. The molecular formula is CH8INSn. The zero-order valence-corrected chi connectivity index (χ0v) is 8.99. The fraction of sp³-hybridized carbons (Fsp3) is 1.00. The second kappa shape index (κ2) is 24.7. The molecule has 28 valence electrons. The summed E-state index contributed by atoms with van der Waals surface area (Å²) in [4.78, 5) is 1.97. The van der Waals surface area contributed by atoms with Crippen molar-refractivity contribution in [3.8, 4) is 0 Å². The number of halogens is 1. The predicted octanol–water partition coefficient (Wildman–Crippen LogP) is 0.297. The van der Waals surface area contributed by atoms with Gasteiger partial charge in [0.05, 0.1) is 0 Å². The van der Waals surface area contributed by atoms with E-state index in [4.69, 9.17) is 0 Å². The normalized spacial score (nSPS) is 1.50. The van der Waals surface area contributed by atoms with E-state index >= 15 is 0 Å². The first kappa shape index (κ1) is 17.9. The molecule has 0 rings (SSSR count). The molecule has 0 fully saturated rings. The Balaban J connectivity index is -0.00000000500. The molecule has 0 aliphatic rings.